The van der Waals surface area contributed by atoms with Crippen molar-refractivity contribution in [3.8, 4) is 0 Å². The molecule has 0 fully saturated rings. The zero-order valence-corrected chi connectivity index (χ0v) is 10.4. The molecule has 1 aromatic rings. The Morgan fingerprint density at radius 2 is 2.29 bits per heavy atom. The number of nitrogens with zero attached hydrogens (tertiary/aromatic N) is 3. The fourth-order valence-electron chi connectivity index (χ4n) is 1.19. The summed E-state index contributed by atoms with van der Waals surface area (Å²) in [5, 5.41) is 3.05. The van der Waals surface area contributed by atoms with E-state index in [4.69, 9.17) is 4.74 Å². The van der Waals surface area contributed by atoms with Crippen LogP contribution in [0.1, 0.15) is 13.3 Å². The number of carbonyl (C=O) groups excluding carboxylic acids is 1. The number of nitrogens with one attached hydrogen (secondary N) is 1. The number of rotatable bonds is 6. The summed E-state index contributed by atoms with van der Waals surface area (Å²) in [4.78, 5) is 21.3. The van der Waals surface area contributed by atoms with Crippen molar-refractivity contribution in [1.82, 2.24) is 9.97 Å². The van der Waals surface area contributed by atoms with Crippen molar-refractivity contribution in [3.63, 3.8) is 0 Å². The molecule has 0 aromatic carbocycles. The molecule has 0 aliphatic heterocycles. The highest BCUT2D eigenvalue weighted by atomic mass is 16.5. The van der Waals surface area contributed by atoms with Gasteiger partial charge in [0.15, 0.2) is 0 Å². The second-order valence-corrected chi connectivity index (χ2v) is 3.62. The Bertz CT molecular complexity index is 368. The minimum Gasteiger partial charge on any atom is -0.466 e. The summed E-state index contributed by atoms with van der Waals surface area (Å²) >= 11 is 0. The molecule has 0 atom stereocenters. The van der Waals surface area contributed by atoms with Gasteiger partial charge in [-0.1, -0.05) is 0 Å². The van der Waals surface area contributed by atoms with Crippen LogP contribution in [0.5, 0.6) is 0 Å². The second-order valence-electron chi connectivity index (χ2n) is 3.62. The minimum atomic E-state index is -0.207. The molecule has 94 valence electrons. The first-order valence-electron chi connectivity index (χ1n) is 5.53. The highest BCUT2D eigenvalue weighted by Crippen LogP contribution is 2.07. The van der Waals surface area contributed by atoms with Gasteiger partial charge in [0, 0.05) is 26.8 Å². The van der Waals surface area contributed by atoms with Crippen molar-refractivity contribution in [2.24, 2.45) is 0 Å². The second kappa shape index (κ2) is 6.67. The summed E-state index contributed by atoms with van der Waals surface area (Å²) in [7, 11) is 3.75. The fraction of sp³-hybridized carbons (Fsp3) is 0.545. The molecule has 0 unspecified atom stereocenters. The summed E-state index contributed by atoms with van der Waals surface area (Å²) in [6.45, 7) is 2.71. The van der Waals surface area contributed by atoms with E-state index in [-0.39, 0.29) is 5.97 Å². The van der Waals surface area contributed by atoms with E-state index in [0.29, 0.717) is 31.3 Å². The van der Waals surface area contributed by atoms with Crippen molar-refractivity contribution in [2.75, 3.05) is 37.5 Å². The van der Waals surface area contributed by atoms with E-state index < -0.39 is 0 Å². The fourth-order valence-corrected chi connectivity index (χ4v) is 1.19. The Balaban J connectivity index is 2.41. The van der Waals surface area contributed by atoms with Crippen LogP contribution < -0.4 is 10.2 Å². The molecule has 17 heavy (non-hydrogen) atoms. The lowest BCUT2D eigenvalue weighted by molar-refractivity contribution is -0.142. The lowest BCUT2D eigenvalue weighted by atomic mass is 10.4. The van der Waals surface area contributed by atoms with Gasteiger partial charge in [0.25, 0.3) is 0 Å². The van der Waals surface area contributed by atoms with E-state index in [1.54, 1.807) is 19.2 Å². The van der Waals surface area contributed by atoms with Crippen molar-refractivity contribution in [3.05, 3.63) is 12.3 Å². The summed E-state index contributed by atoms with van der Waals surface area (Å²) < 4.78 is 4.82. The molecule has 0 bridgehead atoms. The maximum absolute atomic E-state index is 11.1. The SMILES string of the molecule is CCOC(=O)CCNc1ccnc(N(C)C)n1. The van der Waals surface area contributed by atoms with Gasteiger partial charge in [-0.3, -0.25) is 4.79 Å². The molecule has 1 aromatic heterocycles. The Hall–Kier alpha value is -1.85. The predicted octanol–water partition coefficient (Wildman–Crippen LogP) is 0.908. The van der Waals surface area contributed by atoms with Crippen molar-refractivity contribution in [2.45, 2.75) is 13.3 Å². The van der Waals surface area contributed by atoms with Crippen LogP contribution in [0.25, 0.3) is 0 Å². The van der Waals surface area contributed by atoms with E-state index in [1.807, 2.05) is 19.0 Å². The molecule has 0 aliphatic carbocycles. The topological polar surface area (TPSA) is 67.3 Å². The molecule has 1 N–H and O–H groups in total. The number of carbonyl (C=O) groups is 1. The van der Waals surface area contributed by atoms with Crippen molar-refractivity contribution < 1.29 is 9.53 Å². The molecule has 1 heterocycles. The predicted molar refractivity (Wildman–Crippen MR) is 66.1 cm³/mol. The van der Waals surface area contributed by atoms with Crippen LogP contribution in [-0.2, 0) is 9.53 Å². The lowest BCUT2D eigenvalue weighted by Gasteiger charge is -2.11. The standard InChI is InChI=1S/C11H18N4O2/c1-4-17-10(16)6-8-12-9-5-7-13-11(14-9)15(2)3/h5,7H,4,6,8H2,1-3H3,(H,12,13,14). The molecule has 6 heteroatoms. The number of hydrogen-bond acceptors (Lipinski definition) is 6. The van der Waals surface area contributed by atoms with E-state index in [1.165, 1.54) is 0 Å². The van der Waals surface area contributed by atoms with Crippen LogP contribution in [-0.4, -0.2) is 43.2 Å². The van der Waals surface area contributed by atoms with Crippen LogP contribution in [0.3, 0.4) is 0 Å². The van der Waals surface area contributed by atoms with Crippen LogP contribution in [0.4, 0.5) is 11.8 Å². The Morgan fingerprint density at radius 1 is 1.53 bits per heavy atom. The number of aromatic nitrogens is 2. The molecule has 6 nitrogen and oxygen atoms in total. The number of hydrogen-bond donors (Lipinski definition) is 1. The van der Waals surface area contributed by atoms with Gasteiger partial charge in [-0.05, 0) is 13.0 Å². The van der Waals surface area contributed by atoms with Gasteiger partial charge in [0.05, 0.1) is 13.0 Å². The molecule has 0 saturated heterocycles. The highest BCUT2D eigenvalue weighted by molar-refractivity contribution is 5.69. The maximum atomic E-state index is 11.1. The van der Waals surface area contributed by atoms with Gasteiger partial charge >= 0.3 is 5.97 Å². The number of ether oxygens (including phenoxy) is 1. The third-order valence-electron chi connectivity index (χ3n) is 1.98. The third kappa shape index (κ3) is 4.67. The van der Waals surface area contributed by atoms with Gasteiger partial charge < -0.3 is 15.0 Å². The zero-order valence-electron chi connectivity index (χ0n) is 10.4. The van der Waals surface area contributed by atoms with E-state index >= 15 is 0 Å². The quantitative estimate of drug-likeness (QED) is 0.743. The first kappa shape index (κ1) is 13.2. The van der Waals surface area contributed by atoms with Crippen molar-refractivity contribution >= 4 is 17.7 Å². The molecule has 1 rings (SSSR count). The summed E-state index contributed by atoms with van der Waals surface area (Å²) in [5.74, 6) is 1.13. The van der Waals surface area contributed by atoms with Crippen LogP contribution in [0.15, 0.2) is 12.3 Å². The first-order chi connectivity index (χ1) is 8.13. The van der Waals surface area contributed by atoms with Gasteiger partial charge in [0.1, 0.15) is 5.82 Å². The molecule has 0 radical (unpaired) electrons. The number of esters is 1. The zero-order chi connectivity index (χ0) is 12.7. The summed E-state index contributed by atoms with van der Waals surface area (Å²) in [5.41, 5.74) is 0. The molecule has 0 aliphatic rings. The third-order valence-corrected chi connectivity index (χ3v) is 1.98. The largest absolute Gasteiger partial charge is 0.466 e. The summed E-state index contributed by atoms with van der Waals surface area (Å²) in [6.07, 6.45) is 2.00. The minimum absolute atomic E-state index is 0.207. The van der Waals surface area contributed by atoms with Crippen LogP contribution >= 0.6 is 0 Å². The monoisotopic (exact) mass is 238 g/mol. The van der Waals surface area contributed by atoms with Crippen LogP contribution in [0.2, 0.25) is 0 Å². The molecule has 0 spiro atoms. The molecular formula is C11H18N4O2. The van der Waals surface area contributed by atoms with Crippen molar-refractivity contribution in [1.29, 1.82) is 0 Å². The first-order valence-corrected chi connectivity index (χ1v) is 5.53. The Morgan fingerprint density at radius 3 is 2.94 bits per heavy atom. The van der Waals surface area contributed by atoms with Gasteiger partial charge in [-0.15, -0.1) is 0 Å². The molecule has 0 amide bonds. The smallest absolute Gasteiger partial charge is 0.307 e. The van der Waals surface area contributed by atoms with Gasteiger partial charge in [0.2, 0.25) is 5.95 Å². The summed E-state index contributed by atoms with van der Waals surface area (Å²) in [6, 6.07) is 1.76. The van der Waals surface area contributed by atoms with Gasteiger partial charge in [-0.25, -0.2) is 4.98 Å². The molecular weight excluding hydrogens is 220 g/mol. The molecule has 0 saturated carbocycles. The maximum Gasteiger partial charge on any atom is 0.307 e. The van der Waals surface area contributed by atoms with Crippen LogP contribution in [0, 0.1) is 0 Å². The highest BCUT2D eigenvalue weighted by Gasteiger charge is 2.03. The lowest BCUT2D eigenvalue weighted by Crippen LogP contribution is -2.15. The van der Waals surface area contributed by atoms with E-state index in [0.717, 1.165) is 0 Å². The average Bonchev–Trinajstić information content (AvgIpc) is 2.30. The Labute approximate surface area is 101 Å². The van der Waals surface area contributed by atoms with E-state index in [9.17, 15) is 4.79 Å². The number of anilines is 2. The normalized spacial score (nSPS) is 9.82. The average molecular weight is 238 g/mol. The Kier molecular flexibility index (Phi) is 5.19. The van der Waals surface area contributed by atoms with E-state index in [2.05, 4.69) is 15.3 Å². The van der Waals surface area contributed by atoms with Gasteiger partial charge in [-0.2, -0.15) is 4.98 Å².